The number of ketones is 1. The molecule has 0 atom stereocenters. The Kier molecular flexibility index (Phi) is 4.12. The van der Waals surface area contributed by atoms with Crippen LogP contribution in [0.15, 0.2) is 53.8 Å². The van der Waals surface area contributed by atoms with Gasteiger partial charge in [-0.05, 0) is 12.1 Å². The third-order valence-corrected chi connectivity index (χ3v) is 5.40. The Labute approximate surface area is 147 Å². The summed E-state index contributed by atoms with van der Waals surface area (Å²) in [7, 11) is -2.97. The third kappa shape index (κ3) is 2.65. The van der Waals surface area contributed by atoms with Gasteiger partial charge in [-0.3, -0.25) is 4.79 Å². The molecule has 9 nitrogen and oxygen atoms in total. The van der Waals surface area contributed by atoms with Crippen LogP contribution in [0.3, 0.4) is 0 Å². The van der Waals surface area contributed by atoms with Gasteiger partial charge in [-0.15, -0.1) is 0 Å². The van der Waals surface area contributed by atoms with Crippen molar-refractivity contribution in [2.75, 3.05) is 7.11 Å². The van der Waals surface area contributed by atoms with Crippen LogP contribution in [-0.4, -0.2) is 36.4 Å². The fourth-order valence-electron chi connectivity index (χ4n) is 2.56. The van der Waals surface area contributed by atoms with E-state index in [1.54, 1.807) is 6.07 Å². The van der Waals surface area contributed by atoms with E-state index >= 15 is 0 Å². The number of hydrogen-bond acceptors (Lipinski definition) is 6. The first-order valence-corrected chi connectivity index (χ1v) is 8.61. The highest BCUT2D eigenvalue weighted by molar-refractivity contribution is 7.90. The van der Waals surface area contributed by atoms with Gasteiger partial charge in [0, 0.05) is 6.20 Å². The number of carboxylic acids is 1. The molecular weight excluding hydrogens is 364 g/mol. The molecule has 0 aliphatic rings. The minimum Gasteiger partial charge on any atom is -0.619 e. The van der Waals surface area contributed by atoms with Crippen molar-refractivity contribution in [3.8, 4) is 5.75 Å². The van der Waals surface area contributed by atoms with Crippen molar-refractivity contribution in [3.05, 3.63) is 59.7 Å². The number of rotatable bonds is 5. The summed E-state index contributed by atoms with van der Waals surface area (Å²) in [6, 6.07) is 7.32. The second-order valence-electron chi connectivity index (χ2n) is 5.24. The average Bonchev–Trinajstić information content (AvgIpc) is 3.01. The predicted molar refractivity (Wildman–Crippen MR) is 88.4 cm³/mol. The van der Waals surface area contributed by atoms with E-state index in [9.17, 15) is 23.2 Å². The Morgan fingerprint density at radius 1 is 1.19 bits per heavy atom. The molecule has 1 N–H and O–H groups in total. The van der Waals surface area contributed by atoms with Gasteiger partial charge in [-0.1, -0.05) is 18.2 Å². The lowest BCUT2D eigenvalue weighted by Gasteiger charge is -2.08. The van der Waals surface area contributed by atoms with Gasteiger partial charge in [-0.2, -0.15) is 4.73 Å². The average molecular weight is 376 g/mol. The Morgan fingerprint density at radius 3 is 2.42 bits per heavy atom. The quantitative estimate of drug-likeness (QED) is 0.301. The van der Waals surface area contributed by atoms with Gasteiger partial charge in [0.15, 0.2) is 5.75 Å². The fraction of sp³-hybridized carbons (Fsp3) is 0.0625. The van der Waals surface area contributed by atoms with Gasteiger partial charge in [-0.25, -0.2) is 17.2 Å². The smallest absolute Gasteiger partial charge is 0.377 e. The summed E-state index contributed by atoms with van der Waals surface area (Å²) < 4.78 is 31.9. The van der Waals surface area contributed by atoms with Crippen LogP contribution < -0.4 is 9.47 Å². The molecule has 134 valence electrons. The molecule has 0 saturated carbocycles. The normalized spacial score (nSPS) is 11.4. The Bertz CT molecular complexity index is 1130. The molecule has 0 bridgehead atoms. The highest BCUT2D eigenvalue weighted by Crippen LogP contribution is 2.32. The number of methoxy groups -OCH3 is 1. The molecule has 0 spiro atoms. The molecule has 0 unspecified atom stereocenters. The van der Waals surface area contributed by atoms with Crippen molar-refractivity contribution in [3.63, 3.8) is 0 Å². The molecule has 0 saturated heterocycles. The van der Waals surface area contributed by atoms with E-state index in [-0.39, 0.29) is 21.5 Å². The van der Waals surface area contributed by atoms with Crippen molar-refractivity contribution >= 4 is 32.7 Å². The van der Waals surface area contributed by atoms with Gasteiger partial charge < -0.3 is 15.1 Å². The standard InChI is InChI=1S/C16H12N2O7S/c1-25-13-9-17(22)8-12-14(13)11(15(19)16(20)21)7-18(12)26(23,24)10-5-3-2-4-6-10/h2-9H,1H3,(H,20,21). The molecule has 0 radical (unpaired) electrons. The summed E-state index contributed by atoms with van der Waals surface area (Å²) in [6.45, 7) is 0. The summed E-state index contributed by atoms with van der Waals surface area (Å²) in [5.74, 6) is -3.20. The van der Waals surface area contributed by atoms with E-state index in [1.165, 1.54) is 31.4 Å². The first-order chi connectivity index (χ1) is 12.3. The number of nitrogens with zero attached hydrogens (tertiary/aromatic N) is 2. The number of hydrogen-bond donors (Lipinski definition) is 1. The second kappa shape index (κ2) is 6.15. The molecule has 26 heavy (non-hydrogen) atoms. The summed E-state index contributed by atoms with van der Waals surface area (Å²) >= 11 is 0. The molecule has 2 aromatic heterocycles. The van der Waals surface area contributed by atoms with Crippen LogP contribution >= 0.6 is 0 Å². The monoisotopic (exact) mass is 376 g/mol. The number of aromatic nitrogens is 2. The number of ether oxygens (including phenoxy) is 1. The van der Waals surface area contributed by atoms with Crippen LogP contribution in [0.2, 0.25) is 0 Å². The summed E-state index contributed by atoms with van der Waals surface area (Å²) in [5, 5.41) is 20.8. The number of pyridine rings is 1. The van der Waals surface area contributed by atoms with Crippen molar-refractivity contribution in [1.29, 1.82) is 0 Å². The number of carboxylic acid groups (broad SMARTS) is 1. The molecule has 0 fully saturated rings. The number of Topliss-reactive ketones (excluding diaryl/α,β-unsaturated/α-hetero) is 1. The first kappa shape index (κ1) is 17.4. The number of fused-ring (bicyclic) bond motifs is 1. The molecular formula is C16H12N2O7S. The maximum Gasteiger partial charge on any atom is 0.377 e. The van der Waals surface area contributed by atoms with Crippen molar-refractivity contribution < 1.29 is 32.6 Å². The van der Waals surface area contributed by atoms with Gasteiger partial charge in [0.2, 0.25) is 12.4 Å². The fourth-order valence-corrected chi connectivity index (χ4v) is 3.93. The Morgan fingerprint density at radius 2 is 1.85 bits per heavy atom. The van der Waals surface area contributed by atoms with E-state index in [0.717, 1.165) is 18.6 Å². The van der Waals surface area contributed by atoms with Crippen LogP contribution in [0.4, 0.5) is 0 Å². The summed E-state index contributed by atoms with van der Waals surface area (Å²) in [5.41, 5.74) is -0.572. The SMILES string of the molecule is COc1c[n+]([O-])cc2c1c(C(=O)C(=O)O)cn2S(=O)(=O)c1ccccc1. The number of benzene rings is 1. The van der Waals surface area contributed by atoms with E-state index < -0.39 is 27.3 Å². The van der Waals surface area contributed by atoms with E-state index in [4.69, 9.17) is 9.84 Å². The maximum absolute atomic E-state index is 12.9. The minimum absolute atomic E-state index is 0.0773. The Balaban J connectivity index is 2.43. The van der Waals surface area contributed by atoms with Gasteiger partial charge in [0.25, 0.3) is 15.8 Å². The molecule has 1 aromatic carbocycles. The van der Waals surface area contributed by atoms with Crippen molar-refractivity contribution in [1.82, 2.24) is 3.97 Å². The number of carbonyl (C=O) groups excluding carboxylic acids is 1. The second-order valence-corrected chi connectivity index (χ2v) is 7.05. The summed E-state index contributed by atoms with van der Waals surface area (Å²) in [6.07, 6.45) is 2.78. The molecule has 10 heteroatoms. The Hall–Kier alpha value is -3.40. The van der Waals surface area contributed by atoms with E-state index in [1.807, 2.05) is 0 Å². The third-order valence-electron chi connectivity index (χ3n) is 3.71. The van der Waals surface area contributed by atoms with Gasteiger partial charge >= 0.3 is 5.97 Å². The van der Waals surface area contributed by atoms with Crippen LogP contribution in [0, 0.1) is 5.21 Å². The molecule has 3 aromatic rings. The molecule has 3 rings (SSSR count). The van der Waals surface area contributed by atoms with E-state index in [0.29, 0.717) is 8.70 Å². The van der Waals surface area contributed by atoms with Crippen molar-refractivity contribution in [2.24, 2.45) is 0 Å². The van der Waals surface area contributed by atoms with Crippen molar-refractivity contribution in [2.45, 2.75) is 4.90 Å². The largest absolute Gasteiger partial charge is 0.619 e. The lowest BCUT2D eigenvalue weighted by Crippen LogP contribution is -2.25. The first-order valence-electron chi connectivity index (χ1n) is 7.17. The van der Waals surface area contributed by atoms with Crippen LogP contribution in [0.5, 0.6) is 5.75 Å². The van der Waals surface area contributed by atoms with Crippen LogP contribution in [-0.2, 0) is 14.8 Å². The zero-order chi connectivity index (χ0) is 19.1. The highest BCUT2D eigenvalue weighted by atomic mass is 32.2. The van der Waals surface area contributed by atoms with Crippen LogP contribution in [0.1, 0.15) is 10.4 Å². The lowest BCUT2D eigenvalue weighted by molar-refractivity contribution is -0.604. The highest BCUT2D eigenvalue weighted by Gasteiger charge is 2.30. The van der Waals surface area contributed by atoms with E-state index in [2.05, 4.69) is 0 Å². The molecule has 0 amide bonds. The van der Waals surface area contributed by atoms with Gasteiger partial charge in [0.05, 0.1) is 23.0 Å². The zero-order valence-electron chi connectivity index (χ0n) is 13.3. The predicted octanol–water partition coefficient (Wildman–Crippen LogP) is 0.788. The minimum atomic E-state index is -4.18. The lowest BCUT2D eigenvalue weighted by atomic mass is 10.1. The molecule has 0 aliphatic carbocycles. The zero-order valence-corrected chi connectivity index (χ0v) is 14.1. The molecule has 2 heterocycles. The molecule has 0 aliphatic heterocycles. The summed E-state index contributed by atoms with van der Waals surface area (Å²) in [4.78, 5) is 23.1. The van der Waals surface area contributed by atoms with Gasteiger partial charge in [0.1, 0.15) is 5.52 Å². The number of aliphatic carboxylic acids is 1. The number of carbonyl (C=O) groups is 2. The van der Waals surface area contributed by atoms with Crippen LogP contribution in [0.25, 0.3) is 10.9 Å². The topological polar surface area (TPSA) is 130 Å². The maximum atomic E-state index is 12.9.